The molecule has 2 aromatic rings. The van der Waals surface area contributed by atoms with E-state index in [1.165, 1.54) is 33.4 Å². The average Bonchev–Trinajstić information content (AvgIpc) is 2.35. The van der Waals surface area contributed by atoms with E-state index >= 15 is 0 Å². The standard InChI is InChI=1S/C17H22N2/c1-11-8-9-15(14(4)10-11)17(19-18)16-12(2)6-5-7-13(16)3/h5-10,17,19H,18H2,1-4H3. The molecular weight excluding hydrogens is 232 g/mol. The summed E-state index contributed by atoms with van der Waals surface area (Å²) >= 11 is 0. The van der Waals surface area contributed by atoms with Gasteiger partial charge in [0.25, 0.3) is 0 Å². The molecule has 1 unspecified atom stereocenters. The zero-order valence-electron chi connectivity index (χ0n) is 12.1. The molecular formula is C17H22N2. The Balaban J connectivity index is 2.56. The van der Waals surface area contributed by atoms with E-state index in [2.05, 4.69) is 69.5 Å². The topological polar surface area (TPSA) is 38.0 Å². The smallest absolute Gasteiger partial charge is 0.0717 e. The fraction of sp³-hybridized carbons (Fsp3) is 0.294. The molecule has 2 nitrogen and oxygen atoms in total. The molecule has 0 heterocycles. The second kappa shape index (κ2) is 5.55. The molecule has 2 aromatic carbocycles. The zero-order chi connectivity index (χ0) is 14.0. The van der Waals surface area contributed by atoms with Gasteiger partial charge in [-0.3, -0.25) is 5.84 Å². The number of rotatable bonds is 3. The number of hydrogen-bond acceptors (Lipinski definition) is 2. The molecule has 100 valence electrons. The summed E-state index contributed by atoms with van der Waals surface area (Å²) < 4.78 is 0. The molecule has 0 aliphatic carbocycles. The summed E-state index contributed by atoms with van der Waals surface area (Å²) in [5, 5.41) is 0. The normalized spacial score (nSPS) is 12.5. The van der Waals surface area contributed by atoms with Gasteiger partial charge >= 0.3 is 0 Å². The summed E-state index contributed by atoms with van der Waals surface area (Å²) in [4.78, 5) is 0. The van der Waals surface area contributed by atoms with Gasteiger partial charge < -0.3 is 0 Å². The van der Waals surface area contributed by atoms with Crippen LogP contribution in [-0.2, 0) is 0 Å². The van der Waals surface area contributed by atoms with Crippen LogP contribution < -0.4 is 11.3 Å². The monoisotopic (exact) mass is 254 g/mol. The minimum Gasteiger partial charge on any atom is -0.271 e. The molecule has 0 aromatic heterocycles. The lowest BCUT2D eigenvalue weighted by Crippen LogP contribution is -2.30. The second-order valence-electron chi connectivity index (χ2n) is 5.27. The zero-order valence-corrected chi connectivity index (χ0v) is 12.1. The largest absolute Gasteiger partial charge is 0.271 e. The molecule has 0 fully saturated rings. The van der Waals surface area contributed by atoms with Crippen molar-refractivity contribution in [3.05, 3.63) is 69.8 Å². The van der Waals surface area contributed by atoms with Crippen molar-refractivity contribution in [1.29, 1.82) is 0 Å². The molecule has 0 aliphatic rings. The minimum absolute atomic E-state index is 0.0433. The molecule has 0 saturated carbocycles. The van der Waals surface area contributed by atoms with Gasteiger partial charge in [0.05, 0.1) is 6.04 Å². The van der Waals surface area contributed by atoms with Crippen LogP contribution in [0, 0.1) is 27.7 Å². The molecule has 3 N–H and O–H groups in total. The van der Waals surface area contributed by atoms with Crippen LogP contribution >= 0.6 is 0 Å². The van der Waals surface area contributed by atoms with Gasteiger partial charge in [-0.15, -0.1) is 0 Å². The van der Waals surface area contributed by atoms with Gasteiger partial charge in [0.15, 0.2) is 0 Å². The SMILES string of the molecule is Cc1ccc(C(NN)c2c(C)cccc2C)c(C)c1. The van der Waals surface area contributed by atoms with Crippen LogP contribution in [0.5, 0.6) is 0 Å². The number of aryl methyl sites for hydroxylation is 4. The van der Waals surface area contributed by atoms with E-state index in [4.69, 9.17) is 5.84 Å². The minimum atomic E-state index is 0.0433. The second-order valence-corrected chi connectivity index (χ2v) is 5.27. The molecule has 0 aliphatic heterocycles. The van der Waals surface area contributed by atoms with E-state index in [0.717, 1.165) is 0 Å². The van der Waals surface area contributed by atoms with Gasteiger partial charge in [0, 0.05) is 0 Å². The number of nitrogens with one attached hydrogen (secondary N) is 1. The van der Waals surface area contributed by atoms with E-state index in [0.29, 0.717) is 0 Å². The Morgan fingerprint density at radius 3 is 2.05 bits per heavy atom. The fourth-order valence-electron chi connectivity index (χ4n) is 2.76. The fourth-order valence-corrected chi connectivity index (χ4v) is 2.76. The molecule has 19 heavy (non-hydrogen) atoms. The van der Waals surface area contributed by atoms with Crippen molar-refractivity contribution in [3.63, 3.8) is 0 Å². The van der Waals surface area contributed by atoms with E-state index < -0.39 is 0 Å². The third-order valence-corrected chi connectivity index (χ3v) is 3.73. The van der Waals surface area contributed by atoms with Crippen molar-refractivity contribution < 1.29 is 0 Å². The van der Waals surface area contributed by atoms with Crippen LogP contribution in [0.15, 0.2) is 36.4 Å². The Hall–Kier alpha value is -1.64. The van der Waals surface area contributed by atoms with Crippen LogP contribution in [0.4, 0.5) is 0 Å². The molecule has 2 heteroatoms. The lowest BCUT2D eigenvalue weighted by atomic mass is 9.89. The van der Waals surface area contributed by atoms with Gasteiger partial charge in [-0.05, 0) is 55.5 Å². The average molecular weight is 254 g/mol. The molecule has 0 spiro atoms. The number of hydrogen-bond donors (Lipinski definition) is 2. The number of nitrogens with two attached hydrogens (primary N) is 1. The van der Waals surface area contributed by atoms with Gasteiger partial charge in [-0.2, -0.15) is 0 Å². The third kappa shape index (κ3) is 2.70. The van der Waals surface area contributed by atoms with Crippen LogP contribution in [0.1, 0.15) is 39.4 Å². The molecule has 0 radical (unpaired) electrons. The number of benzene rings is 2. The quantitative estimate of drug-likeness (QED) is 0.650. The van der Waals surface area contributed by atoms with Crippen molar-refractivity contribution in [1.82, 2.24) is 5.43 Å². The highest BCUT2D eigenvalue weighted by molar-refractivity contribution is 5.44. The molecule has 0 amide bonds. The summed E-state index contributed by atoms with van der Waals surface area (Å²) in [7, 11) is 0. The van der Waals surface area contributed by atoms with Gasteiger partial charge in [-0.1, -0.05) is 42.0 Å². The van der Waals surface area contributed by atoms with E-state index in [-0.39, 0.29) is 6.04 Å². The van der Waals surface area contributed by atoms with Crippen molar-refractivity contribution in [2.75, 3.05) is 0 Å². The maximum absolute atomic E-state index is 5.83. The van der Waals surface area contributed by atoms with Crippen molar-refractivity contribution >= 4 is 0 Å². The Bertz CT molecular complexity index is 568. The first kappa shape index (κ1) is 13.8. The molecule has 0 saturated heterocycles. The van der Waals surface area contributed by atoms with Crippen molar-refractivity contribution in [3.8, 4) is 0 Å². The summed E-state index contributed by atoms with van der Waals surface area (Å²) in [6.07, 6.45) is 0. The maximum atomic E-state index is 5.83. The third-order valence-electron chi connectivity index (χ3n) is 3.73. The summed E-state index contributed by atoms with van der Waals surface area (Å²) in [6.45, 7) is 8.52. The van der Waals surface area contributed by atoms with Crippen LogP contribution in [0.2, 0.25) is 0 Å². The maximum Gasteiger partial charge on any atom is 0.0717 e. The van der Waals surface area contributed by atoms with Gasteiger partial charge in [-0.25, -0.2) is 5.43 Å². The van der Waals surface area contributed by atoms with Crippen molar-refractivity contribution in [2.45, 2.75) is 33.7 Å². The highest BCUT2D eigenvalue weighted by Gasteiger charge is 2.18. The Morgan fingerprint density at radius 2 is 1.53 bits per heavy atom. The Labute approximate surface area is 115 Å². The highest BCUT2D eigenvalue weighted by atomic mass is 15.2. The first-order chi connectivity index (χ1) is 9.04. The van der Waals surface area contributed by atoms with Crippen LogP contribution in [-0.4, -0.2) is 0 Å². The highest BCUT2D eigenvalue weighted by Crippen LogP contribution is 2.29. The predicted octanol–water partition coefficient (Wildman–Crippen LogP) is 3.47. The first-order valence-electron chi connectivity index (χ1n) is 6.64. The van der Waals surface area contributed by atoms with Gasteiger partial charge in [0.2, 0.25) is 0 Å². The Kier molecular flexibility index (Phi) is 4.03. The van der Waals surface area contributed by atoms with E-state index in [9.17, 15) is 0 Å². The predicted molar refractivity (Wildman–Crippen MR) is 81.0 cm³/mol. The molecule has 0 bridgehead atoms. The molecule has 1 atom stereocenters. The summed E-state index contributed by atoms with van der Waals surface area (Å²) in [5.41, 5.74) is 10.6. The van der Waals surface area contributed by atoms with E-state index in [1.807, 2.05) is 0 Å². The van der Waals surface area contributed by atoms with Gasteiger partial charge in [0.1, 0.15) is 0 Å². The number of hydrazine groups is 1. The molecule has 2 rings (SSSR count). The first-order valence-corrected chi connectivity index (χ1v) is 6.64. The summed E-state index contributed by atoms with van der Waals surface area (Å²) in [5.74, 6) is 5.83. The van der Waals surface area contributed by atoms with Crippen LogP contribution in [0.25, 0.3) is 0 Å². The van der Waals surface area contributed by atoms with E-state index in [1.54, 1.807) is 0 Å². The lowest BCUT2D eigenvalue weighted by Gasteiger charge is -2.23. The Morgan fingerprint density at radius 1 is 0.895 bits per heavy atom. The summed E-state index contributed by atoms with van der Waals surface area (Å²) in [6, 6.07) is 12.9. The van der Waals surface area contributed by atoms with Crippen LogP contribution in [0.3, 0.4) is 0 Å². The van der Waals surface area contributed by atoms with Crippen molar-refractivity contribution in [2.24, 2.45) is 5.84 Å². The lowest BCUT2D eigenvalue weighted by molar-refractivity contribution is 0.627.